The Bertz CT molecular complexity index is 411. The number of carbonyl (C=O) groups is 1. The van der Waals surface area contributed by atoms with E-state index < -0.39 is 11.5 Å². The minimum Gasteiger partial charge on any atom is -0.477 e. The number of nitrogens with one attached hydrogen (secondary N) is 1. The molecule has 0 bridgehead atoms. The number of H-pyrrole nitrogens is 1. The minimum absolute atomic E-state index is 0.0138. The zero-order valence-corrected chi connectivity index (χ0v) is 9.22. The lowest BCUT2D eigenvalue weighted by molar-refractivity contribution is 0.0689. The normalized spacial score (nSPS) is 10.1. The summed E-state index contributed by atoms with van der Waals surface area (Å²) < 4.78 is 0.367. The lowest BCUT2D eigenvalue weighted by atomic mass is 10.1. The molecule has 0 atom stereocenters. The maximum atomic E-state index is 11.1. The Morgan fingerprint density at radius 3 is 2.79 bits per heavy atom. The third kappa shape index (κ3) is 2.23. The topological polar surface area (TPSA) is 70.2 Å². The van der Waals surface area contributed by atoms with Gasteiger partial charge in [0.1, 0.15) is 5.69 Å². The summed E-state index contributed by atoms with van der Waals surface area (Å²) in [5.74, 6) is -1.10. The first-order chi connectivity index (χ1) is 6.56. The van der Waals surface area contributed by atoms with Crippen molar-refractivity contribution < 1.29 is 9.90 Å². The molecule has 0 aromatic carbocycles. The standard InChI is InChI=1S/C9H10BrNO3/c1-2-3-5-4-6(10)8(12)11-7(5)9(13)14/h4H,2-3H2,1H3,(H,11,12)(H,13,14). The molecule has 0 amide bonds. The summed E-state index contributed by atoms with van der Waals surface area (Å²) in [7, 11) is 0. The van der Waals surface area contributed by atoms with E-state index in [0.717, 1.165) is 6.42 Å². The van der Waals surface area contributed by atoms with Crippen molar-refractivity contribution in [3.05, 3.63) is 32.2 Å². The third-order valence-electron chi connectivity index (χ3n) is 1.81. The number of aromatic nitrogens is 1. The van der Waals surface area contributed by atoms with Crippen LogP contribution in [0.25, 0.3) is 0 Å². The number of aryl methyl sites for hydroxylation is 1. The van der Waals surface area contributed by atoms with Gasteiger partial charge in [0.05, 0.1) is 4.47 Å². The summed E-state index contributed by atoms with van der Waals surface area (Å²) >= 11 is 3.06. The summed E-state index contributed by atoms with van der Waals surface area (Å²) in [6, 6.07) is 1.56. The first-order valence-corrected chi connectivity index (χ1v) is 5.00. The van der Waals surface area contributed by atoms with E-state index in [9.17, 15) is 9.59 Å². The minimum atomic E-state index is -1.10. The van der Waals surface area contributed by atoms with Gasteiger partial charge in [0.2, 0.25) is 0 Å². The van der Waals surface area contributed by atoms with Crippen LogP contribution in [0, 0.1) is 0 Å². The summed E-state index contributed by atoms with van der Waals surface area (Å²) in [6.07, 6.45) is 1.47. The van der Waals surface area contributed by atoms with Crippen molar-refractivity contribution in [3.8, 4) is 0 Å². The van der Waals surface area contributed by atoms with Gasteiger partial charge < -0.3 is 10.1 Å². The van der Waals surface area contributed by atoms with Gasteiger partial charge in [0.15, 0.2) is 0 Å². The molecule has 0 fully saturated rings. The van der Waals surface area contributed by atoms with Crippen molar-refractivity contribution in [1.29, 1.82) is 0 Å². The second-order valence-corrected chi connectivity index (χ2v) is 3.76. The number of aromatic carboxylic acids is 1. The van der Waals surface area contributed by atoms with Crippen LogP contribution in [0.3, 0.4) is 0 Å². The number of hydrogen-bond donors (Lipinski definition) is 2. The summed E-state index contributed by atoms with van der Waals surface area (Å²) in [6.45, 7) is 1.95. The van der Waals surface area contributed by atoms with Crippen LogP contribution in [-0.4, -0.2) is 16.1 Å². The van der Waals surface area contributed by atoms with Gasteiger partial charge in [0.25, 0.3) is 5.56 Å². The van der Waals surface area contributed by atoms with E-state index in [0.29, 0.717) is 16.5 Å². The predicted octanol–water partition coefficient (Wildman–Crippen LogP) is 1.79. The van der Waals surface area contributed by atoms with Crippen molar-refractivity contribution in [2.75, 3.05) is 0 Å². The summed E-state index contributed by atoms with van der Waals surface area (Å²) in [4.78, 5) is 24.2. The maximum Gasteiger partial charge on any atom is 0.352 e. The van der Waals surface area contributed by atoms with Crippen LogP contribution in [0.4, 0.5) is 0 Å². The summed E-state index contributed by atoms with van der Waals surface area (Å²) in [5.41, 5.74) is 0.216. The Hall–Kier alpha value is -1.10. The number of pyridine rings is 1. The highest BCUT2D eigenvalue weighted by Gasteiger charge is 2.12. The van der Waals surface area contributed by atoms with Crippen LogP contribution in [0.15, 0.2) is 15.3 Å². The van der Waals surface area contributed by atoms with Gasteiger partial charge in [-0.25, -0.2) is 4.79 Å². The molecular weight excluding hydrogens is 250 g/mol. The number of carboxylic acids is 1. The smallest absolute Gasteiger partial charge is 0.352 e. The van der Waals surface area contributed by atoms with Crippen molar-refractivity contribution in [1.82, 2.24) is 4.98 Å². The number of carboxylic acid groups (broad SMARTS) is 1. The molecule has 0 unspecified atom stereocenters. The number of hydrogen-bond acceptors (Lipinski definition) is 2. The molecular formula is C9H10BrNO3. The monoisotopic (exact) mass is 259 g/mol. The lowest BCUT2D eigenvalue weighted by Crippen LogP contribution is -2.16. The van der Waals surface area contributed by atoms with Crippen LogP contribution < -0.4 is 5.56 Å². The van der Waals surface area contributed by atoms with Crippen LogP contribution in [-0.2, 0) is 6.42 Å². The first-order valence-electron chi connectivity index (χ1n) is 4.21. The second kappa shape index (κ2) is 4.41. The molecule has 0 spiro atoms. The van der Waals surface area contributed by atoms with Crippen LogP contribution in [0.5, 0.6) is 0 Å². The van der Waals surface area contributed by atoms with Gasteiger partial charge >= 0.3 is 5.97 Å². The molecule has 0 saturated heterocycles. The van der Waals surface area contributed by atoms with Crippen molar-refractivity contribution >= 4 is 21.9 Å². The Kier molecular flexibility index (Phi) is 3.46. The SMILES string of the molecule is CCCc1cc(Br)c(=O)[nH]c1C(=O)O. The molecule has 2 N–H and O–H groups in total. The Balaban J connectivity index is 3.31. The van der Waals surface area contributed by atoms with Gasteiger partial charge in [-0.1, -0.05) is 13.3 Å². The molecule has 5 heteroatoms. The predicted molar refractivity (Wildman–Crippen MR) is 55.7 cm³/mol. The van der Waals surface area contributed by atoms with Gasteiger partial charge in [-0.05, 0) is 34.0 Å². The van der Waals surface area contributed by atoms with E-state index in [4.69, 9.17) is 5.11 Å². The van der Waals surface area contributed by atoms with Gasteiger partial charge in [0, 0.05) is 0 Å². The Morgan fingerprint density at radius 1 is 1.64 bits per heavy atom. The van der Waals surface area contributed by atoms with E-state index in [2.05, 4.69) is 20.9 Å². The quantitative estimate of drug-likeness (QED) is 0.870. The van der Waals surface area contributed by atoms with E-state index in [1.54, 1.807) is 6.07 Å². The molecule has 0 aliphatic rings. The van der Waals surface area contributed by atoms with Crippen molar-refractivity contribution in [2.45, 2.75) is 19.8 Å². The Morgan fingerprint density at radius 2 is 2.29 bits per heavy atom. The molecule has 0 saturated carbocycles. The second-order valence-electron chi connectivity index (χ2n) is 2.90. The highest BCUT2D eigenvalue weighted by atomic mass is 79.9. The van der Waals surface area contributed by atoms with Crippen LogP contribution >= 0.6 is 15.9 Å². The van der Waals surface area contributed by atoms with Gasteiger partial charge in [-0.15, -0.1) is 0 Å². The lowest BCUT2D eigenvalue weighted by Gasteiger charge is -2.04. The van der Waals surface area contributed by atoms with Gasteiger partial charge in [-0.2, -0.15) is 0 Å². The van der Waals surface area contributed by atoms with E-state index in [1.807, 2.05) is 6.92 Å². The highest BCUT2D eigenvalue weighted by Crippen LogP contribution is 2.12. The van der Waals surface area contributed by atoms with E-state index in [-0.39, 0.29) is 5.69 Å². The average Bonchev–Trinajstić information content (AvgIpc) is 2.11. The fourth-order valence-corrected chi connectivity index (χ4v) is 1.58. The molecule has 0 aliphatic carbocycles. The fourth-order valence-electron chi connectivity index (χ4n) is 1.20. The number of aromatic amines is 1. The van der Waals surface area contributed by atoms with E-state index >= 15 is 0 Å². The van der Waals surface area contributed by atoms with Gasteiger partial charge in [-0.3, -0.25) is 4.79 Å². The molecule has 1 rings (SSSR count). The molecule has 1 heterocycles. The average molecular weight is 260 g/mol. The van der Waals surface area contributed by atoms with Crippen molar-refractivity contribution in [2.24, 2.45) is 0 Å². The molecule has 1 aromatic heterocycles. The van der Waals surface area contributed by atoms with Crippen LogP contribution in [0.2, 0.25) is 0 Å². The fraction of sp³-hybridized carbons (Fsp3) is 0.333. The zero-order valence-electron chi connectivity index (χ0n) is 7.63. The molecule has 4 nitrogen and oxygen atoms in total. The molecule has 0 radical (unpaired) electrons. The Labute approximate surface area is 89.1 Å². The summed E-state index contributed by atoms with van der Waals surface area (Å²) in [5, 5.41) is 8.82. The molecule has 1 aromatic rings. The van der Waals surface area contributed by atoms with E-state index in [1.165, 1.54) is 0 Å². The molecule has 0 aliphatic heterocycles. The number of rotatable bonds is 3. The molecule has 14 heavy (non-hydrogen) atoms. The number of halogens is 1. The van der Waals surface area contributed by atoms with Crippen molar-refractivity contribution in [3.63, 3.8) is 0 Å². The maximum absolute atomic E-state index is 11.1. The first kappa shape index (κ1) is 11.0. The molecule has 76 valence electrons. The highest BCUT2D eigenvalue weighted by molar-refractivity contribution is 9.10. The largest absolute Gasteiger partial charge is 0.477 e. The third-order valence-corrected chi connectivity index (χ3v) is 2.40. The zero-order chi connectivity index (χ0) is 10.7. The van der Waals surface area contributed by atoms with Crippen LogP contribution in [0.1, 0.15) is 29.4 Å².